The van der Waals surface area contributed by atoms with E-state index in [0.29, 0.717) is 0 Å². The summed E-state index contributed by atoms with van der Waals surface area (Å²) in [6.45, 7) is 0. The third kappa shape index (κ3) is 2.83. The Bertz CT molecular complexity index is 247. The van der Waals surface area contributed by atoms with Crippen LogP contribution >= 0.6 is 0 Å². The van der Waals surface area contributed by atoms with Gasteiger partial charge in [-0.1, -0.05) is 0 Å². The molecule has 0 bridgehead atoms. The molecule has 7 heteroatoms. The second-order valence-corrected chi connectivity index (χ2v) is 1.48. The maximum atomic E-state index is 12.0. The van der Waals surface area contributed by atoms with Gasteiger partial charge in [0.1, 0.15) is 0 Å². The number of aromatic nitrogens is 2. The van der Waals surface area contributed by atoms with Crippen LogP contribution in [0.5, 0.6) is 0 Å². The molecular formula is C4BF3KN2. The molecule has 0 saturated carbocycles. The molecule has 0 saturated heterocycles. The first-order chi connectivity index (χ1) is 4.61. The molecule has 1 aromatic heterocycles. The van der Waals surface area contributed by atoms with Crippen molar-refractivity contribution in [2.45, 2.75) is 0 Å². The summed E-state index contributed by atoms with van der Waals surface area (Å²) in [6.07, 6.45) is 0. The smallest absolute Gasteiger partial charge is 0.525 e. The Morgan fingerprint density at radius 3 is 1.73 bits per heavy atom. The van der Waals surface area contributed by atoms with Crippen molar-refractivity contribution in [3.63, 3.8) is 0 Å². The minimum atomic E-state index is -1.71. The van der Waals surface area contributed by atoms with Gasteiger partial charge in [-0.2, -0.15) is 13.2 Å². The van der Waals surface area contributed by atoms with Crippen molar-refractivity contribution in [2.75, 3.05) is 0 Å². The number of hydrogen-bond donors (Lipinski definition) is 0. The molecular weight excluding hydrogens is 183 g/mol. The Hall–Kier alpha value is 0.571. The number of halogens is 3. The molecule has 51 valence electrons. The molecule has 0 aliphatic rings. The minimum Gasteiger partial charge on any atom is -0.525 e. The molecule has 1 heterocycles. The van der Waals surface area contributed by atoms with Crippen LogP contribution in [0, 0.1) is 17.7 Å². The SMILES string of the molecule is [B-]c1nc(F)c(F)c(F)n1.[K+]. The fourth-order valence-corrected chi connectivity index (χ4v) is 0.409. The molecule has 11 heavy (non-hydrogen) atoms. The quantitative estimate of drug-likeness (QED) is 0.311. The van der Waals surface area contributed by atoms with Crippen LogP contribution in [0.15, 0.2) is 0 Å². The molecule has 0 amide bonds. The van der Waals surface area contributed by atoms with Gasteiger partial charge < -0.3 is 7.85 Å². The molecule has 1 rings (SSSR count). The first-order valence-corrected chi connectivity index (χ1v) is 2.25. The van der Waals surface area contributed by atoms with E-state index in [2.05, 4.69) is 9.97 Å². The normalized spacial score (nSPS) is 9.09. The molecule has 2 nitrogen and oxygen atoms in total. The fraction of sp³-hybridized carbons (Fsp3) is 0. The van der Waals surface area contributed by atoms with E-state index in [4.69, 9.17) is 7.85 Å². The molecule has 0 spiro atoms. The zero-order chi connectivity index (χ0) is 7.72. The Kier molecular flexibility index (Phi) is 4.80. The molecule has 0 N–H and O–H groups in total. The molecule has 0 fully saturated rings. The standard InChI is InChI=1S/C4BF3N2.K/c5-4-9-2(7)1(6)3(8)10-4;/q-1;+1. The summed E-state index contributed by atoms with van der Waals surface area (Å²) in [7, 11) is 4.76. The molecule has 3 radical (unpaired) electrons. The van der Waals surface area contributed by atoms with Crippen LogP contribution in [-0.2, 0) is 0 Å². The van der Waals surface area contributed by atoms with Crippen LogP contribution in [0.2, 0.25) is 0 Å². The zero-order valence-corrected chi connectivity index (χ0v) is 8.73. The van der Waals surface area contributed by atoms with Gasteiger partial charge in [-0.05, 0) is 0 Å². The third-order valence-electron chi connectivity index (χ3n) is 0.788. The van der Waals surface area contributed by atoms with Gasteiger partial charge in [0.15, 0.2) is 0 Å². The van der Waals surface area contributed by atoms with Crippen molar-refractivity contribution in [1.29, 1.82) is 0 Å². The third-order valence-corrected chi connectivity index (χ3v) is 0.788. The van der Waals surface area contributed by atoms with Crippen molar-refractivity contribution in [2.24, 2.45) is 0 Å². The molecule has 0 atom stereocenters. The Balaban J connectivity index is 0.000001000. The van der Waals surface area contributed by atoms with Crippen LogP contribution in [-0.4, -0.2) is 17.8 Å². The average molecular weight is 183 g/mol. The summed E-state index contributed by atoms with van der Waals surface area (Å²) in [6, 6.07) is 0. The van der Waals surface area contributed by atoms with E-state index >= 15 is 0 Å². The van der Waals surface area contributed by atoms with Gasteiger partial charge >= 0.3 is 51.4 Å². The number of rotatable bonds is 0. The average Bonchev–Trinajstić information content (AvgIpc) is 1.82. The molecule has 0 aliphatic heterocycles. The largest absolute Gasteiger partial charge is 1.00 e. The maximum Gasteiger partial charge on any atom is 1.00 e. The summed E-state index contributed by atoms with van der Waals surface area (Å²) in [4.78, 5) is 5.44. The fourth-order valence-electron chi connectivity index (χ4n) is 0.409. The van der Waals surface area contributed by atoms with Gasteiger partial charge in [-0.25, -0.2) is 0 Å². The molecule has 0 aromatic carbocycles. The summed E-state index contributed by atoms with van der Waals surface area (Å²) in [5.41, 5.74) is -0.628. The predicted octanol–water partition coefficient (Wildman–Crippen LogP) is -3.31. The number of hydrogen-bond acceptors (Lipinski definition) is 2. The second-order valence-electron chi connectivity index (χ2n) is 1.48. The molecule has 0 aliphatic carbocycles. The summed E-state index contributed by atoms with van der Waals surface area (Å²) >= 11 is 0. The predicted molar refractivity (Wildman–Crippen MR) is 27.3 cm³/mol. The van der Waals surface area contributed by atoms with Crippen LogP contribution < -0.4 is 57.1 Å². The summed E-state index contributed by atoms with van der Waals surface area (Å²) in [5, 5.41) is 0. The van der Waals surface area contributed by atoms with E-state index in [-0.39, 0.29) is 51.4 Å². The van der Waals surface area contributed by atoms with E-state index in [1.54, 1.807) is 0 Å². The number of nitrogens with zero attached hydrogens (tertiary/aromatic N) is 2. The monoisotopic (exact) mass is 183 g/mol. The first-order valence-electron chi connectivity index (χ1n) is 2.25. The van der Waals surface area contributed by atoms with Crippen molar-refractivity contribution in [3.8, 4) is 0 Å². The summed E-state index contributed by atoms with van der Waals surface area (Å²) < 4.78 is 36.0. The van der Waals surface area contributed by atoms with Crippen LogP contribution in [0.3, 0.4) is 0 Å². The van der Waals surface area contributed by atoms with E-state index in [1.807, 2.05) is 0 Å². The van der Waals surface area contributed by atoms with Crippen molar-refractivity contribution >= 4 is 13.6 Å². The van der Waals surface area contributed by atoms with Gasteiger partial charge in [0.05, 0.1) is 0 Å². The first kappa shape index (κ1) is 11.6. The molecule has 0 unspecified atom stereocenters. The van der Waals surface area contributed by atoms with Crippen molar-refractivity contribution < 1.29 is 64.6 Å². The van der Waals surface area contributed by atoms with Gasteiger partial charge in [0, 0.05) is 0 Å². The second kappa shape index (κ2) is 4.56. The van der Waals surface area contributed by atoms with Crippen molar-refractivity contribution in [3.05, 3.63) is 17.7 Å². The van der Waals surface area contributed by atoms with Gasteiger partial charge in [0.25, 0.3) is 11.9 Å². The Labute approximate surface area is 104 Å². The van der Waals surface area contributed by atoms with Crippen LogP contribution in [0.1, 0.15) is 0 Å². The van der Waals surface area contributed by atoms with Gasteiger partial charge in [-0.15, -0.1) is 5.72 Å². The van der Waals surface area contributed by atoms with Gasteiger partial charge in [0.2, 0.25) is 5.82 Å². The maximum absolute atomic E-state index is 12.0. The van der Waals surface area contributed by atoms with E-state index in [1.165, 1.54) is 0 Å². The van der Waals surface area contributed by atoms with E-state index in [9.17, 15) is 13.2 Å². The Morgan fingerprint density at radius 1 is 1.00 bits per heavy atom. The van der Waals surface area contributed by atoms with Crippen molar-refractivity contribution in [1.82, 2.24) is 9.97 Å². The minimum absolute atomic E-state index is 0. The summed E-state index contributed by atoms with van der Waals surface area (Å²) in [5.74, 6) is -4.87. The van der Waals surface area contributed by atoms with Crippen LogP contribution in [0.4, 0.5) is 13.2 Å². The van der Waals surface area contributed by atoms with E-state index in [0.717, 1.165) is 0 Å². The van der Waals surface area contributed by atoms with E-state index < -0.39 is 23.4 Å². The Morgan fingerprint density at radius 2 is 1.36 bits per heavy atom. The topological polar surface area (TPSA) is 25.8 Å². The zero-order valence-electron chi connectivity index (χ0n) is 5.61. The molecule has 1 aromatic rings. The van der Waals surface area contributed by atoms with Crippen LogP contribution in [0.25, 0.3) is 0 Å². The van der Waals surface area contributed by atoms with Gasteiger partial charge in [-0.3, -0.25) is 9.97 Å².